The van der Waals surface area contributed by atoms with E-state index >= 15 is 0 Å². The van der Waals surface area contributed by atoms with E-state index < -0.39 is 0 Å². The summed E-state index contributed by atoms with van der Waals surface area (Å²) < 4.78 is 6.03. The first-order chi connectivity index (χ1) is 11.3. The molecule has 2 fully saturated rings. The van der Waals surface area contributed by atoms with Gasteiger partial charge in [0, 0.05) is 25.2 Å². The maximum atomic E-state index is 12.4. The number of ether oxygens (including phenoxy) is 1. The molecule has 4 nitrogen and oxygen atoms in total. The van der Waals surface area contributed by atoms with Gasteiger partial charge in [0.05, 0.1) is 6.10 Å². The smallest absolute Gasteiger partial charge is 0.317 e. The SMILES string of the molecule is O=C(NCc1ccccc1OC1CCC1)N1CCCCCCC1. The number of urea groups is 1. The van der Waals surface area contributed by atoms with Crippen LogP contribution in [-0.2, 0) is 6.54 Å². The number of para-hydroxylation sites is 1. The van der Waals surface area contributed by atoms with Crippen molar-refractivity contribution in [1.82, 2.24) is 10.2 Å². The van der Waals surface area contributed by atoms with Crippen LogP contribution in [0.2, 0.25) is 0 Å². The molecular weight excluding hydrogens is 288 g/mol. The fraction of sp³-hybridized carbons (Fsp3) is 0.632. The average molecular weight is 316 g/mol. The third kappa shape index (κ3) is 4.63. The molecule has 4 heteroatoms. The fourth-order valence-corrected chi connectivity index (χ4v) is 3.17. The van der Waals surface area contributed by atoms with E-state index in [0.717, 1.165) is 50.1 Å². The van der Waals surface area contributed by atoms with E-state index in [4.69, 9.17) is 4.74 Å². The highest BCUT2D eigenvalue weighted by molar-refractivity contribution is 5.74. The molecule has 2 amide bonds. The minimum atomic E-state index is 0.0605. The van der Waals surface area contributed by atoms with Crippen molar-refractivity contribution >= 4 is 6.03 Å². The Morgan fingerprint density at radius 3 is 2.43 bits per heavy atom. The number of carbonyl (C=O) groups excluding carboxylic acids is 1. The summed E-state index contributed by atoms with van der Waals surface area (Å²) in [6, 6.07) is 8.12. The molecular formula is C19H28N2O2. The number of benzene rings is 1. The summed E-state index contributed by atoms with van der Waals surface area (Å²) in [5.41, 5.74) is 1.07. The molecule has 1 saturated heterocycles. The Labute approximate surface area is 139 Å². The van der Waals surface area contributed by atoms with Gasteiger partial charge in [-0.3, -0.25) is 0 Å². The summed E-state index contributed by atoms with van der Waals surface area (Å²) in [7, 11) is 0. The molecule has 0 atom stereocenters. The predicted octanol–water partition coefficient (Wildman–Crippen LogP) is 4.09. The minimum absolute atomic E-state index is 0.0605. The molecule has 0 radical (unpaired) electrons. The van der Waals surface area contributed by atoms with Crippen LogP contribution < -0.4 is 10.1 Å². The second-order valence-corrected chi connectivity index (χ2v) is 6.69. The lowest BCUT2D eigenvalue weighted by Crippen LogP contribution is -2.41. The highest BCUT2D eigenvalue weighted by Crippen LogP contribution is 2.27. The average Bonchev–Trinajstić information content (AvgIpc) is 2.49. The second-order valence-electron chi connectivity index (χ2n) is 6.69. The zero-order valence-corrected chi connectivity index (χ0v) is 13.9. The molecule has 0 spiro atoms. The summed E-state index contributed by atoms with van der Waals surface area (Å²) in [6.45, 7) is 2.30. The van der Waals surface area contributed by atoms with E-state index in [-0.39, 0.29) is 6.03 Å². The van der Waals surface area contributed by atoms with Crippen LogP contribution in [0.4, 0.5) is 4.79 Å². The number of nitrogens with zero attached hydrogens (tertiary/aromatic N) is 1. The minimum Gasteiger partial charge on any atom is -0.490 e. The highest BCUT2D eigenvalue weighted by Gasteiger charge is 2.20. The van der Waals surface area contributed by atoms with E-state index in [1.807, 2.05) is 29.2 Å². The van der Waals surface area contributed by atoms with Crippen molar-refractivity contribution in [2.24, 2.45) is 0 Å². The Morgan fingerprint density at radius 1 is 1.04 bits per heavy atom. The Hall–Kier alpha value is -1.71. The van der Waals surface area contributed by atoms with Gasteiger partial charge in [0.15, 0.2) is 0 Å². The van der Waals surface area contributed by atoms with Crippen molar-refractivity contribution in [3.63, 3.8) is 0 Å². The van der Waals surface area contributed by atoms with Gasteiger partial charge in [0.2, 0.25) is 0 Å². The summed E-state index contributed by atoms with van der Waals surface area (Å²) in [5.74, 6) is 0.921. The molecule has 1 saturated carbocycles. The largest absolute Gasteiger partial charge is 0.490 e. The third-order valence-electron chi connectivity index (χ3n) is 4.89. The normalized spacial score (nSPS) is 19.4. The lowest BCUT2D eigenvalue weighted by Gasteiger charge is -2.28. The van der Waals surface area contributed by atoms with Gasteiger partial charge in [-0.2, -0.15) is 0 Å². The third-order valence-corrected chi connectivity index (χ3v) is 4.89. The number of hydrogen-bond donors (Lipinski definition) is 1. The van der Waals surface area contributed by atoms with Gasteiger partial charge in [-0.25, -0.2) is 4.79 Å². The first-order valence-electron chi connectivity index (χ1n) is 9.10. The predicted molar refractivity (Wildman–Crippen MR) is 91.6 cm³/mol. The van der Waals surface area contributed by atoms with Gasteiger partial charge >= 0.3 is 6.03 Å². The Morgan fingerprint density at radius 2 is 1.74 bits per heavy atom. The standard InChI is InChI=1S/C19H28N2O2/c22-19(21-13-6-2-1-3-7-14-21)20-15-16-9-4-5-12-18(16)23-17-10-8-11-17/h4-5,9,12,17H,1-3,6-8,10-11,13-15H2,(H,20,22). The molecule has 1 heterocycles. The first-order valence-corrected chi connectivity index (χ1v) is 9.10. The van der Waals surface area contributed by atoms with Gasteiger partial charge in [0.25, 0.3) is 0 Å². The number of rotatable bonds is 4. The van der Waals surface area contributed by atoms with Crippen LogP contribution in [0.25, 0.3) is 0 Å². The van der Waals surface area contributed by atoms with Crippen LogP contribution >= 0.6 is 0 Å². The molecule has 3 rings (SSSR count). The molecule has 1 aromatic rings. The van der Waals surface area contributed by atoms with Crippen molar-refractivity contribution in [3.05, 3.63) is 29.8 Å². The zero-order valence-electron chi connectivity index (χ0n) is 13.9. The zero-order chi connectivity index (χ0) is 15.9. The van der Waals surface area contributed by atoms with E-state index in [1.165, 1.54) is 25.7 Å². The van der Waals surface area contributed by atoms with Gasteiger partial charge < -0.3 is 15.0 Å². The fourth-order valence-electron chi connectivity index (χ4n) is 3.17. The molecule has 1 N–H and O–H groups in total. The maximum Gasteiger partial charge on any atom is 0.317 e. The quantitative estimate of drug-likeness (QED) is 0.909. The number of carbonyl (C=O) groups is 1. The lowest BCUT2D eigenvalue weighted by molar-refractivity contribution is 0.119. The van der Waals surface area contributed by atoms with Crippen molar-refractivity contribution in [2.45, 2.75) is 64.0 Å². The van der Waals surface area contributed by atoms with E-state index in [2.05, 4.69) is 5.32 Å². The van der Waals surface area contributed by atoms with Gasteiger partial charge in [-0.1, -0.05) is 37.5 Å². The Kier molecular flexibility index (Phi) is 5.78. The van der Waals surface area contributed by atoms with Crippen LogP contribution in [0.1, 0.15) is 56.9 Å². The Bertz CT molecular complexity index is 506. The molecule has 23 heavy (non-hydrogen) atoms. The van der Waals surface area contributed by atoms with Crippen LogP contribution in [0.3, 0.4) is 0 Å². The van der Waals surface area contributed by atoms with Crippen molar-refractivity contribution in [3.8, 4) is 5.75 Å². The first kappa shape index (κ1) is 16.2. The number of likely N-dealkylation sites (tertiary alicyclic amines) is 1. The number of nitrogens with one attached hydrogen (secondary N) is 1. The number of hydrogen-bond acceptors (Lipinski definition) is 2. The van der Waals surface area contributed by atoms with Gasteiger partial charge in [-0.15, -0.1) is 0 Å². The van der Waals surface area contributed by atoms with E-state index in [9.17, 15) is 4.79 Å². The van der Waals surface area contributed by atoms with Crippen LogP contribution in [0.5, 0.6) is 5.75 Å². The molecule has 1 aliphatic heterocycles. The molecule has 0 aromatic heterocycles. The lowest BCUT2D eigenvalue weighted by atomic mass is 9.96. The maximum absolute atomic E-state index is 12.4. The van der Waals surface area contributed by atoms with E-state index in [0.29, 0.717) is 12.6 Å². The molecule has 1 aromatic carbocycles. The summed E-state index contributed by atoms with van der Waals surface area (Å²) >= 11 is 0. The second kappa shape index (κ2) is 8.23. The van der Waals surface area contributed by atoms with E-state index in [1.54, 1.807) is 0 Å². The molecule has 2 aliphatic rings. The highest BCUT2D eigenvalue weighted by atomic mass is 16.5. The van der Waals surface area contributed by atoms with Crippen LogP contribution in [0, 0.1) is 0 Å². The molecule has 1 aliphatic carbocycles. The molecule has 0 unspecified atom stereocenters. The molecule has 0 bridgehead atoms. The summed E-state index contributed by atoms with van der Waals surface area (Å²) in [6.07, 6.45) is 9.94. The summed E-state index contributed by atoms with van der Waals surface area (Å²) in [5, 5.41) is 3.07. The Balaban J connectivity index is 1.53. The van der Waals surface area contributed by atoms with Crippen molar-refractivity contribution in [2.75, 3.05) is 13.1 Å². The number of amides is 2. The van der Waals surface area contributed by atoms with Crippen LogP contribution in [0.15, 0.2) is 24.3 Å². The molecule has 126 valence electrons. The van der Waals surface area contributed by atoms with Crippen molar-refractivity contribution < 1.29 is 9.53 Å². The van der Waals surface area contributed by atoms with Gasteiger partial charge in [0.1, 0.15) is 5.75 Å². The van der Waals surface area contributed by atoms with Gasteiger partial charge in [-0.05, 0) is 38.2 Å². The topological polar surface area (TPSA) is 41.6 Å². The summed E-state index contributed by atoms with van der Waals surface area (Å²) in [4.78, 5) is 14.4. The van der Waals surface area contributed by atoms with Crippen LogP contribution in [-0.4, -0.2) is 30.1 Å². The monoisotopic (exact) mass is 316 g/mol. The van der Waals surface area contributed by atoms with Crippen molar-refractivity contribution in [1.29, 1.82) is 0 Å².